The summed E-state index contributed by atoms with van der Waals surface area (Å²) in [4.78, 5) is 16.4. The third-order valence-electron chi connectivity index (χ3n) is 3.61. The molecule has 1 aromatic carbocycles. The zero-order chi connectivity index (χ0) is 16.8. The summed E-state index contributed by atoms with van der Waals surface area (Å²) >= 11 is 1.51. The number of hydrogen-bond acceptors (Lipinski definition) is 5. The summed E-state index contributed by atoms with van der Waals surface area (Å²) in [7, 11) is 1.86. The minimum Gasteiger partial charge on any atom is -0.461 e. The van der Waals surface area contributed by atoms with E-state index >= 15 is 0 Å². The molecule has 2 heterocycles. The van der Waals surface area contributed by atoms with Gasteiger partial charge in [-0.3, -0.25) is 4.68 Å². The highest BCUT2D eigenvalue weighted by Crippen LogP contribution is 2.14. The molecule has 0 spiro atoms. The van der Waals surface area contributed by atoms with Crippen molar-refractivity contribution in [2.24, 2.45) is 7.05 Å². The van der Waals surface area contributed by atoms with Crippen molar-refractivity contribution >= 4 is 17.3 Å². The Balaban J connectivity index is 1.46. The summed E-state index contributed by atoms with van der Waals surface area (Å²) in [5.74, 6) is -0.360. The Morgan fingerprint density at radius 2 is 2.00 bits per heavy atom. The summed E-state index contributed by atoms with van der Waals surface area (Å²) in [6.45, 7) is 0.335. The number of carbonyl (C=O) groups is 1. The molecule has 0 bridgehead atoms. The largest absolute Gasteiger partial charge is 0.461 e. The van der Waals surface area contributed by atoms with Crippen LogP contribution in [0.1, 0.15) is 26.6 Å². The van der Waals surface area contributed by atoms with Gasteiger partial charge in [0.15, 0.2) is 5.69 Å². The number of esters is 1. The van der Waals surface area contributed by atoms with Gasteiger partial charge in [0.25, 0.3) is 0 Å². The molecule has 5 nitrogen and oxygen atoms in total. The fourth-order valence-electron chi connectivity index (χ4n) is 2.35. The lowest BCUT2D eigenvalue weighted by atomic mass is 10.1. The average Bonchev–Trinajstić information content (AvgIpc) is 3.23. The monoisotopic (exact) mass is 341 g/mol. The normalized spacial score (nSPS) is 10.7. The van der Waals surface area contributed by atoms with Crippen molar-refractivity contribution in [2.75, 3.05) is 6.61 Å². The maximum absolute atomic E-state index is 12.0. The molecular weight excluding hydrogens is 322 g/mol. The summed E-state index contributed by atoms with van der Waals surface area (Å²) in [6, 6.07) is 10.3. The van der Waals surface area contributed by atoms with Gasteiger partial charge < -0.3 is 4.74 Å². The maximum Gasteiger partial charge on any atom is 0.357 e. The van der Waals surface area contributed by atoms with Crippen molar-refractivity contribution in [1.82, 2.24) is 14.8 Å². The summed E-state index contributed by atoms with van der Waals surface area (Å²) in [5.41, 5.74) is 2.72. The number of benzene rings is 1. The van der Waals surface area contributed by atoms with E-state index in [2.05, 4.69) is 22.2 Å². The standard InChI is InChI=1S/C18H19N3O2S/c1-21-12-15(11-19-21)9-10-23-18(22)16-13-24-17(20-16)8-7-14-5-3-2-4-6-14/h2-6,11-13H,7-10H2,1H3. The lowest BCUT2D eigenvalue weighted by Crippen LogP contribution is -2.08. The molecule has 0 aliphatic carbocycles. The number of ether oxygens (including phenoxy) is 1. The van der Waals surface area contributed by atoms with E-state index in [1.807, 2.05) is 31.4 Å². The van der Waals surface area contributed by atoms with Gasteiger partial charge in [0.2, 0.25) is 0 Å². The lowest BCUT2D eigenvalue weighted by molar-refractivity contribution is 0.0503. The third-order valence-corrected chi connectivity index (χ3v) is 4.52. The van der Waals surface area contributed by atoms with E-state index in [9.17, 15) is 4.79 Å². The Labute approximate surface area is 144 Å². The summed E-state index contributed by atoms with van der Waals surface area (Å²) < 4.78 is 7.02. The van der Waals surface area contributed by atoms with Crippen molar-refractivity contribution in [3.05, 3.63) is 69.9 Å². The second-order valence-electron chi connectivity index (χ2n) is 5.52. The van der Waals surface area contributed by atoms with Gasteiger partial charge in [0, 0.05) is 31.5 Å². The third kappa shape index (κ3) is 4.52. The van der Waals surface area contributed by atoms with Gasteiger partial charge >= 0.3 is 5.97 Å². The van der Waals surface area contributed by atoms with E-state index in [4.69, 9.17) is 4.74 Å². The van der Waals surface area contributed by atoms with E-state index in [-0.39, 0.29) is 5.97 Å². The molecule has 124 valence electrons. The van der Waals surface area contributed by atoms with Crippen molar-refractivity contribution in [1.29, 1.82) is 0 Å². The van der Waals surface area contributed by atoms with Crippen LogP contribution in [0.3, 0.4) is 0 Å². The molecule has 0 unspecified atom stereocenters. The maximum atomic E-state index is 12.0. The molecule has 2 aromatic heterocycles. The van der Waals surface area contributed by atoms with Crippen LogP contribution in [0.4, 0.5) is 0 Å². The molecule has 0 aliphatic heterocycles. The second kappa shape index (κ2) is 7.88. The van der Waals surface area contributed by atoms with Crippen molar-refractivity contribution in [3.63, 3.8) is 0 Å². The minimum atomic E-state index is -0.360. The van der Waals surface area contributed by atoms with Crippen LogP contribution >= 0.6 is 11.3 Å². The van der Waals surface area contributed by atoms with Crippen molar-refractivity contribution < 1.29 is 9.53 Å². The Bertz CT molecular complexity index is 795. The highest BCUT2D eigenvalue weighted by Gasteiger charge is 2.12. The highest BCUT2D eigenvalue weighted by molar-refractivity contribution is 7.09. The SMILES string of the molecule is Cn1cc(CCOC(=O)c2csc(CCc3ccccc3)n2)cn1. The Kier molecular flexibility index (Phi) is 5.38. The lowest BCUT2D eigenvalue weighted by Gasteiger charge is -2.01. The Hall–Kier alpha value is -2.47. The van der Waals surface area contributed by atoms with Crippen LogP contribution in [0.2, 0.25) is 0 Å². The first-order valence-corrected chi connectivity index (χ1v) is 8.71. The van der Waals surface area contributed by atoms with Crippen LogP contribution in [0.25, 0.3) is 0 Å². The molecule has 3 rings (SSSR count). The molecule has 0 atom stereocenters. The van der Waals surface area contributed by atoms with Gasteiger partial charge in [-0.15, -0.1) is 11.3 Å². The van der Waals surface area contributed by atoms with Gasteiger partial charge in [-0.1, -0.05) is 30.3 Å². The number of aromatic nitrogens is 3. The van der Waals surface area contributed by atoms with E-state index in [0.29, 0.717) is 18.7 Å². The van der Waals surface area contributed by atoms with Crippen LogP contribution in [-0.2, 0) is 31.0 Å². The fraction of sp³-hybridized carbons (Fsp3) is 0.278. The molecule has 0 amide bonds. The minimum absolute atomic E-state index is 0.335. The van der Waals surface area contributed by atoms with Crippen LogP contribution in [0, 0.1) is 0 Å². The first kappa shape index (κ1) is 16.4. The topological polar surface area (TPSA) is 57.0 Å². The van der Waals surface area contributed by atoms with E-state index in [0.717, 1.165) is 23.4 Å². The zero-order valence-electron chi connectivity index (χ0n) is 13.5. The van der Waals surface area contributed by atoms with Crippen molar-refractivity contribution in [3.8, 4) is 0 Å². The van der Waals surface area contributed by atoms with Gasteiger partial charge in [-0.25, -0.2) is 9.78 Å². The smallest absolute Gasteiger partial charge is 0.357 e. The molecule has 6 heteroatoms. The van der Waals surface area contributed by atoms with E-state index < -0.39 is 0 Å². The molecule has 0 aliphatic rings. The molecular formula is C18H19N3O2S. The Morgan fingerprint density at radius 1 is 1.17 bits per heavy atom. The van der Waals surface area contributed by atoms with Crippen LogP contribution in [0.15, 0.2) is 48.1 Å². The first-order valence-electron chi connectivity index (χ1n) is 7.83. The average molecular weight is 341 g/mol. The highest BCUT2D eigenvalue weighted by atomic mass is 32.1. The molecule has 24 heavy (non-hydrogen) atoms. The van der Waals surface area contributed by atoms with Crippen LogP contribution in [-0.4, -0.2) is 27.3 Å². The number of rotatable bonds is 7. The number of carbonyl (C=O) groups excluding carboxylic acids is 1. The summed E-state index contributed by atoms with van der Waals surface area (Å²) in [6.07, 6.45) is 6.10. The van der Waals surface area contributed by atoms with E-state index in [1.54, 1.807) is 16.3 Å². The van der Waals surface area contributed by atoms with Gasteiger partial charge in [0.05, 0.1) is 17.8 Å². The second-order valence-corrected chi connectivity index (χ2v) is 6.46. The number of thiazole rings is 1. The van der Waals surface area contributed by atoms with Crippen molar-refractivity contribution in [2.45, 2.75) is 19.3 Å². The predicted octanol–water partition coefficient (Wildman–Crippen LogP) is 3.06. The predicted molar refractivity (Wildman–Crippen MR) is 93.2 cm³/mol. The van der Waals surface area contributed by atoms with Gasteiger partial charge in [-0.05, 0) is 17.5 Å². The molecule has 0 radical (unpaired) electrons. The first-order chi connectivity index (χ1) is 11.7. The molecule has 0 saturated carbocycles. The summed E-state index contributed by atoms with van der Waals surface area (Å²) in [5, 5.41) is 6.81. The van der Waals surface area contributed by atoms with Gasteiger partial charge in [0.1, 0.15) is 0 Å². The number of aryl methyl sites for hydroxylation is 3. The van der Waals surface area contributed by atoms with Crippen LogP contribution in [0.5, 0.6) is 0 Å². The quantitative estimate of drug-likeness (QED) is 0.620. The van der Waals surface area contributed by atoms with Crippen LogP contribution < -0.4 is 0 Å². The molecule has 0 N–H and O–H groups in total. The Morgan fingerprint density at radius 3 is 2.75 bits per heavy atom. The van der Waals surface area contributed by atoms with Gasteiger partial charge in [-0.2, -0.15) is 5.10 Å². The fourth-order valence-corrected chi connectivity index (χ4v) is 3.12. The molecule has 3 aromatic rings. The van der Waals surface area contributed by atoms with E-state index in [1.165, 1.54) is 16.9 Å². The zero-order valence-corrected chi connectivity index (χ0v) is 14.3. The molecule has 0 saturated heterocycles. The number of nitrogens with zero attached hydrogens (tertiary/aromatic N) is 3. The number of hydrogen-bond donors (Lipinski definition) is 0. The molecule has 0 fully saturated rings.